The SMILES string of the molecule is CC(C)Cc1ccccc1-c1cc2cc(NC(=O)c3ccc4cc(C=NN)ccc4c3)ccc2cn1.Cl.O=C(O)C(F)(F)F. The molecule has 5 rings (SSSR count). The van der Waals surface area contributed by atoms with Crippen LogP contribution in [0.25, 0.3) is 32.8 Å². The van der Waals surface area contributed by atoms with Crippen LogP contribution < -0.4 is 11.2 Å². The van der Waals surface area contributed by atoms with Gasteiger partial charge in [0.15, 0.2) is 0 Å². The number of carbonyl (C=O) groups excluding carboxylic acids is 1. The Morgan fingerprint density at radius 2 is 1.59 bits per heavy atom. The molecule has 11 heteroatoms. The summed E-state index contributed by atoms with van der Waals surface area (Å²) in [6.45, 7) is 4.45. The Hall–Kier alpha value is -4.96. The van der Waals surface area contributed by atoms with Gasteiger partial charge >= 0.3 is 12.1 Å². The van der Waals surface area contributed by atoms with Gasteiger partial charge in [0.2, 0.25) is 0 Å². The molecule has 0 saturated heterocycles. The summed E-state index contributed by atoms with van der Waals surface area (Å²) in [7, 11) is 0. The standard InChI is InChI=1S/C31H28N4O.C2HF3O2.ClH/c1-20(2)13-24-5-3-4-6-29(24)30-17-27-16-28(12-11-26(27)19-33-30)35-31(36)25-10-9-22-14-21(18-34-32)7-8-23(22)15-25;3-2(4,5)1(6)7;/h3-12,14-20H,13,32H2,1-2H3,(H,35,36);(H,6,7);1H. The summed E-state index contributed by atoms with van der Waals surface area (Å²) in [5.41, 5.74) is 5.65. The van der Waals surface area contributed by atoms with Crippen LogP contribution >= 0.6 is 12.4 Å². The topological polar surface area (TPSA) is 118 Å². The first-order chi connectivity index (χ1) is 20.4. The fourth-order valence-electron chi connectivity index (χ4n) is 4.53. The number of anilines is 1. The minimum absolute atomic E-state index is 0. The van der Waals surface area contributed by atoms with Gasteiger partial charge in [0, 0.05) is 28.4 Å². The highest BCUT2D eigenvalue weighted by molar-refractivity contribution is 6.07. The Labute approximate surface area is 258 Å². The summed E-state index contributed by atoms with van der Waals surface area (Å²) in [4.78, 5) is 26.7. The van der Waals surface area contributed by atoms with Crippen molar-refractivity contribution < 1.29 is 27.9 Å². The summed E-state index contributed by atoms with van der Waals surface area (Å²) in [6, 6.07) is 28.0. The lowest BCUT2D eigenvalue weighted by Crippen LogP contribution is -2.21. The molecule has 0 atom stereocenters. The summed E-state index contributed by atoms with van der Waals surface area (Å²) in [6.07, 6.45) is -0.585. The average Bonchev–Trinajstić information content (AvgIpc) is 2.96. The number of rotatable bonds is 6. The van der Waals surface area contributed by atoms with Crippen molar-refractivity contribution in [2.45, 2.75) is 26.4 Å². The van der Waals surface area contributed by atoms with E-state index in [4.69, 9.17) is 20.7 Å². The van der Waals surface area contributed by atoms with Crippen LogP contribution in [0.3, 0.4) is 0 Å². The van der Waals surface area contributed by atoms with Crippen molar-refractivity contribution in [3.8, 4) is 11.3 Å². The minimum atomic E-state index is -5.08. The van der Waals surface area contributed by atoms with E-state index in [-0.39, 0.29) is 18.3 Å². The molecule has 1 aromatic heterocycles. The number of carboxylic acids is 1. The number of hydrogen-bond donors (Lipinski definition) is 3. The van der Waals surface area contributed by atoms with Crippen molar-refractivity contribution in [2.75, 3.05) is 5.32 Å². The molecular weight excluding hydrogens is 593 g/mol. The second-order valence-electron chi connectivity index (χ2n) is 10.2. The van der Waals surface area contributed by atoms with E-state index in [1.807, 2.05) is 60.8 Å². The van der Waals surface area contributed by atoms with Crippen LogP contribution in [0.2, 0.25) is 0 Å². The molecule has 0 aliphatic carbocycles. The van der Waals surface area contributed by atoms with Crippen LogP contribution in [0, 0.1) is 5.92 Å². The third-order valence-electron chi connectivity index (χ3n) is 6.49. The molecule has 228 valence electrons. The molecule has 0 bridgehead atoms. The highest BCUT2D eigenvalue weighted by Gasteiger charge is 2.38. The van der Waals surface area contributed by atoms with E-state index in [0.29, 0.717) is 11.5 Å². The van der Waals surface area contributed by atoms with Gasteiger partial charge in [-0.25, -0.2) is 4.79 Å². The fraction of sp³-hybridized carbons (Fsp3) is 0.152. The third kappa shape index (κ3) is 8.54. The molecule has 44 heavy (non-hydrogen) atoms. The van der Waals surface area contributed by atoms with Crippen molar-refractivity contribution in [1.29, 1.82) is 0 Å². The monoisotopic (exact) mass is 622 g/mol. The van der Waals surface area contributed by atoms with Gasteiger partial charge in [-0.05, 0) is 76.0 Å². The van der Waals surface area contributed by atoms with Crippen LogP contribution in [0.15, 0.2) is 96.2 Å². The van der Waals surface area contributed by atoms with Gasteiger partial charge in [0.25, 0.3) is 5.91 Å². The number of halogens is 4. The predicted octanol–water partition coefficient (Wildman–Crippen LogP) is 7.85. The number of amides is 1. The number of carboxylic acid groups (broad SMARTS) is 1. The smallest absolute Gasteiger partial charge is 0.475 e. The Morgan fingerprint density at radius 1 is 0.932 bits per heavy atom. The maximum absolute atomic E-state index is 13.0. The lowest BCUT2D eigenvalue weighted by molar-refractivity contribution is -0.192. The highest BCUT2D eigenvalue weighted by Crippen LogP contribution is 2.28. The van der Waals surface area contributed by atoms with Crippen molar-refractivity contribution in [3.63, 3.8) is 0 Å². The first kappa shape index (κ1) is 33.5. The van der Waals surface area contributed by atoms with E-state index in [2.05, 4.69) is 54.6 Å². The third-order valence-corrected chi connectivity index (χ3v) is 6.49. The maximum atomic E-state index is 13.0. The molecular formula is C33H30ClF3N4O3. The molecule has 1 amide bonds. The Kier molecular flexibility index (Phi) is 11.0. The van der Waals surface area contributed by atoms with Crippen molar-refractivity contribution in [1.82, 2.24) is 4.98 Å². The quantitative estimate of drug-likeness (QED) is 0.101. The van der Waals surface area contributed by atoms with E-state index < -0.39 is 12.1 Å². The maximum Gasteiger partial charge on any atom is 0.490 e. The average molecular weight is 623 g/mol. The number of hydrazone groups is 1. The Morgan fingerprint density at radius 3 is 2.27 bits per heavy atom. The van der Waals surface area contributed by atoms with E-state index in [0.717, 1.165) is 50.5 Å². The molecule has 5 aromatic rings. The second-order valence-corrected chi connectivity index (χ2v) is 10.2. The molecule has 0 aliphatic heterocycles. The lowest BCUT2D eigenvalue weighted by Gasteiger charge is -2.12. The summed E-state index contributed by atoms with van der Waals surface area (Å²) >= 11 is 0. The molecule has 7 nitrogen and oxygen atoms in total. The first-order valence-electron chi connectivity index (χ1n) is 13.3. The van der Waals surface area contributed by atoms with Crippen molar-refractivity contribution in [3.05, 3.63) is 108 Å². The second kappa shape index (κ2) is 14.5. The normalized spacial score (nSPS) is 11.2. The van der Waals surface area contributed by atoms with Gasteiger partial charge in [0.1, 0.15) is 0 Å². The molecule has 4 aromatic carbocycles. The van der Waals surface area contributed by atoms with Crippen LogP contribution in [0.5, 0.6) is 0 Å². The Bertz CT molecular complexity index is 1820. The number of hydrogen-bond acceptors (Lipinski definition) is 5. The molecule has 0 fully saturated rings. The molecule has 0 aliphatic rings. The molecule has 0 saturated carbocycles. The van der Waals surface area contributed by atoms with Gasteiger partial charge in [-0.1, -0.05) is 62.4 Å². The summed E-state index contributed by atoms with van der Waals surface area (Å²) in [5, 5.41) is 17.8. The number of nitrogens with zero attached hydrogens (tertiary/aromatic N) is 2. The number of benzene rings is 4. The number of aromatic nitrogens is 1. The number of nitrogens with two attached hydrogens (primary N) is 1. The zero-order chi connectivity index (χ0) is 31.1. The largest absolute Gasteiger partial charge is 0.490 e. The van der Waals surface area contributed by atoms with Crippen LogP contribution in [-0.2, 0) is 11.2 Å². The van der Waals surface area contributed by atoms with Gasteiger partial charge in [-0.3, -0.25) is 9.78 Å². The van der Waals surface area contributed by atoms with Crippen LogP contribution in [-0.4, -0.2) is 34.4 Å². The molecule has 1 heterocycles. The van der Waals surface area contributed by atoms with Gasteiger partial charge < -0.3 is 16.3 Å². The van der Waals surface area contributed by atoms with E-state index in [9.17, 15) is 18.0 Å². The summed E-state index contributed by atoms with van der Waals surface area (Å²) < 4.78 is 31.7. The first-order valence-corrected chi connectivity index (χ1v) is 13.3. The Balaban J connectivity index is 0.000000594. The lowest BCUT2D eigenvalue weighted by atomic mass is 9.95. The summed E-state index contributed by atoms with van der Waals surface area (Å²) in [5.74, 6) is 2.90. The van der Waals surface area contributed by atoms with Gasteiger partial charge in [-0.2, -0.15) is 18.3 Å². The number of carbonyl (C=O) groups is 2. The van der Waals surface area contributed by atoms with Crippen LogP contribution in [0.4, 0.5) is 18.9 Å². The molecule has 4 N–H and O–H groups in total. The number of fused-ring (bicyclic) bond motifs is 2. The zero-order valence-electron chi connectivity index (χ0n) is 23.8. The zero-order valence-corrected chi connectivity index (χ0v) is 24.6. The van der Waals surface area contributed by atoms with E-state index in [1.165, 1.54) is 5.56 Å². The minimum Gasteiger partial charge on any atom is -0.475 e. The number of alkyl halides is 3. The van der Waals surface area contributed by atoms with E-state index in [1.54, 1.807) is 6.21 Å². The fourth-order valence-corrected chi connectivity index (χ4v) is 4.53. The number of aliphatic carboxylic acids is 1. The molecule has 0 radical (unpaired) electrons. The molecule has 0 unspecified atom stereocenters. The van der Waals surface area contributed by atoms with Gasteiger partial charge in [-0.15, -0.1) is 12.4 Å². The van der Waals surface area contributed by atoms with Gasteiger partial charge in [0.05, 0.1) is 11.9 Å². The predicted molar refractivity (Wildman–Crippen MR) is 170 cm³/mol. The number of pyridine rings is 1. The van der Waals surface area contributed by atoms with Crippen molar-refractivity contribution >= 4 is 57.7 Å². The highest BCUT2D eigenvalue weighted by atomic mass is 35.5. The van der Waals surface area contributed by atoms with Crippen LogP contribution in [0.1, 0.15) is 35.3 Å². The van der Waals surface area contributed by atoms with E-state index >= 15 is 0 Å². The van der Waals surface area contributed by atoms with Crippen molar-refractivity contribution in [2.24, 2.45) is 16.9 Å². The number of nitrogens with one attached hydrogen (secondary N) is 1. The molecule has 0 spiro atoms.